The van der Waals surface area contributed by atoms with Gasteiger partial charge in [0, 0.05) is 16.4 Å². The van der Waals surface area contributed by atoms with Gasteiger partial charge in [0.05, 0.1) is 17.3 Å². The Morgan fingerprint density at radius 1 is 1.00 bits per heavy atom. The van der Waals surface area contributed by atoms with E-state index in [1.807, 2.05) is 6.92 Å². The molecule has 140 valence electrons. The van der Waals surface area contributed by atoms with Gasteiger partial charge in [-0.05, 0) is 73.2 Å². The summed E-state index contributed by atoms with van der Waals surface area (Å²) in [4.78, 5) is 28.1. The summed E-state index contributed by atoms with van der Waals surface area (Å²) < 4.78 is 6.22. The zero-order valence-electron chi connectivity index (χ0n) is 14.9. The van der Waals surface area contributed by atoms with Crippen LogP contribution in [0.1, 0.15) is 32.0 Å². The standard InChI is InChI=1S/C21H16BrN3O3/c1-14-2-5-17(13-23-14)20(26)25-24-12-15-3-10-19(11-4-15)28-21(27)16-6-8-18(22)9-7-16/h2-13H,1H3,(H,25,26). The number of nitrogens with zero attached hydrogens (tertiary/aromatic N) is 2. The van der Waals surface area contributed by atoms with Crippen molar-refractivity contribution in [1.82, 2.24) is 10.4 Å². The number of halogens is 1. The van der Waals surface area contributed by atoms with E-state index in [9.17, 15) is 9.59 Å². The summed E-state index contributed by atoms with van der Waals surface area (Å²) in [5, 5.41) is 3.92. The molecule has 2 aromatic carbocycles. The maximum Gasteiger partial charge on any atom is 0.343 e. The van der Waals surface area contributed by atoms with Crippen LogP contribution in [0.4, 0.5) is 0 Å². The molecule has 0 aliphatic heterocycles. The molecule has 0 fully saturated rings. The summed E-state index contributed by atoms with van der Waals surface area (Å²) in [6.07, 6.45) is 2.99. The van der Waals surface area contributed by atoms with E-state index in [4.69, 9.17) is 4.74 Å². The van der Waals surface area contributed by atoms with Crippen LogP contribution in [-0.2, 0) is 0 Å². The number of esters is 1. The van der Waals surface area contributed by atoms with Gasteiger partial charge in [-0.2, -0.15) is 5.10 Å². The van der Waals surface area contributed by atoms with Gasteiger partial charge in [0.25, 0.3) is 5.91 Å². The Labute approximate surface area is 170 Å². The van der Waals surface area contributed by atoms with Crippen molar-refractivity contribution in [2.75, 3.05) is 0 Å². The second-order valence-corrected chi connectivity index (χ2v) is 6.77. The Hall–Kier alpha value is -3.32. The number of hydrazone groups is 1. The summed E-state index contributed by atoms with van der Waals surface area (Å²) >= 11 is 3.32. The fraction of sp³-hybridized carbons (Fsp3) is 0.0476. The molecule has 0 radical (unpaired) electrons. The van der Waals surface area contributed by atoms with E-state index in [1.54, 1.807) is 60.7 Å². The maximum absolute atomic E-state index is 12.1. The Balaban J connectivity index is 1.55. The molecule has 3 rings (SSSR count). The van der Waals surface area contributed by atoms with Gasteiger partial charge in [-0.25, -0.2) is 10.2 Å². The predicted octanol–water partition coefficient (Wildman–Crippen LogP) is 4.14. The van der Waals surface area contributed by atoms with E-state index in [0.29, 0.717) is 16.9 Å². The SMILES string of the molecule is Cc1ccc(C(=O)NN=Cc2ccc(OC(=O)c3ccc(Br)cc3)cc2)cn1. The van der Waals surface area contributed by atoms with Crippen molar-refractivity contribution in [1.29, 1.82) is 0 Å². The van der Waals surface area contributed by atoms with Crippen LogP contribution in [-0.4, -0.2) is 23.1 Å². The van der Waals surface area contributed by atoms with Gasteiger partial charge in [-0.1, -0.05) is 15.9 Å². The Bertz CT molecular complexity index is 999. The second-order valence-electron chi connectivity index (χ2n) is 5.85. The molecule has 6 nitrogen and oxygen atoms in total. The average molecular weight is 438 g/mol. The highest BCUT2D eigenvalue weighted by Gasteiger charge is 2.08. The van der Waals surface area contributed by atoms with E-state index < -0.39 is 5.97 Å². The Kier molecular flexibility index (Phi) is 6.29. The number of carbonyl (C=O) groups is 2. The minimum Gasteiger partial charge on any atom is -0.423 e. The first kappa shape index (κ1) is 19.4. The van der Waals surface area contributed by atoms with Gasteiger partial charge in [-0.3, -0.25) is 9.78 Å². The van der Waals surface area contributed by atoms with Crippen molar-refractivity contribution in [3.8, 4) is 5.75 Å². The third-order valence-corrected chi connectivity index (χ3v) is 4.25. The molecule has 28 heavy (non-hydrogen) atoms. The van der Waals surface area contributed by atoms with Crippen molar-refractivity contribution in [3.63, 3.8) is 0 Å². The predicted molar refractivity (Wildman–Crippen MR) is 110 cm³/mol. The molecule has 1 N–H and O–H groups in total. The molecule has 7 heteroatoms. The van der Waals surface area contributed by atoms with Crippen molar-refractivity contribution in [2.45, 2.75) is 6.92 Å². The first-order chi connectivity index (χ1) is 13.5. The first-order valence-electron chi connectivity index (χ1n) is 8.35. The largest absolute Gasteiger partial charge is 0.423 e. The van der Waals surface area contributed by atoms with Crippen molar-refractivity contribution in [3.05, 3.63) is 93.7 Å². The van der Waals surface area contributed by atoms with E-state index in [0.717, 1.165) is 15.7 Å². The molecule has 1 amide bonds. The molecule has 0 spiro atoms. The third-order valence-electron chi connectivity index (χ3n) is 3.72. The van der Waals surface area contributed by atoms with Crippen LogP contribution in [0, 0.1) is 6.92 Å². The molecule has 0 atom stereocenters. The second kappa shape index (κ2) is 9.05. The quantitative estimate of drug-likeness (QED) is 0.281. The number of amides is 1. The molecule has 0 bridgehead atoms. The summed E-state index contributed by atoms with van der Waals surface area (Å²) in [5.41, 5.74) is 4.91. The molecule has 1 aromatic heterocycles. The van der Waals surface area contributed by atoms with Crippen molar-refractivity contribution in [2.24, 2.45) is 5.10 Å². The van der Waals surface area contributed by atoms with Crippen molar-refractivity contribution >= 4 is 34.0 Å². The highest BCUT2D eigenvalue weighted by atomic mass is 79.9. The topological polar surface area (TPSA) is 80.6 Å². The van der Waals surface area contributed by atoms with Gasteiger partial charge in [0.1, 0.15) is 5.75 Å². The average Bonchev–Trinajstić information content (AvgIpc) is 2.70. The van der Waals surface area contributed by atoms with Crippen LogP contribution in [0.3, 0.4) is 0 Å². The number of pyridine rings is 1. The zero-order chi connectivity index (χ0) is 19.9. The van der Waals surface area contributed by atoms with E-state index >= 15 is 0 Å². The summed E-state index contributed by atoms with van der Waals surface area (Å²) in [5.74, 6) is -0.364. The molecular weight excluding hydrogens is 422 g/mol. The number of nitrogens with one attached hydrogen (secondary N) is 1. The molecule has 0 aliphatic carbocycles. The highest BCUT2D eigenvalue weighted by Crippen LogP contribution is 2.15. The maximum atomic E-state index is 12.1. The first-order valence-corrected chi connectivity index (χ1v) is 9.14. The van der Waals surface area contributed by atoms with Gasteiger partial charge >= 0.3 is 5.97 Å². The lowest BCUT2D eigenvalue weighted by Gasteiger charge is -2.05. The summed E-state index contributed by atoms with van der Waals surface area (Å²) in [7, 11) is 0. The number of hydrogen-bond donors (Lipinski definition) is 1. The fourth-order valence-corrected chi connectivity index (χ4v) is 2.47. The van der Waals surface area contributed by atoms with E-state index in [1.165, 1.54) is 12.4 Å². The van der Waals surface area contributed by atoms with Crippen LogP contribution in [0.5, 0.6) is 5.75 Å². The van der Waals surface area contributed by atoms with E-state index in [2.05, 4.69) is 31.4 Å². The molecule has 0 saturated heterocycles. The smallest absolute Gasteiger partial charge is 0.343 e. The zero-order valence-corrected chi connectivity index (χ0v) is 16.5. The minimum atomic E-state index is -0.437. The summed E-state index contributed by atoms with van der Waals surface area (Å²) in [6.45, 7) is 1.85. The highest BCUT2D eigenvalue weighted by molar-refractivity contribution is 9.10. The van der Waals surface area contributed by atoms with Crippen LogP contribution >= 0.6 is 15.9 Å². The Morgan fingerprint density at radius 2 is 1.68 bits per heavy atom. The van der Waals surface area contributed by atoms with Crippen LogP contribution in [0.2, 0.25) is 0 Å². The lowest BCUT2D eigenvalue weighted by atomic mass is 10.2. The normalized spacial score (nSPS) is 10.6. The number of hydrogen-bond acceptors (Lipinski definition) is 5. The number of aryl methyl sites for hydroxylation is 1. The molecule has 0 unspecified atom stereocenters. The third kappa shape index (κ3) is 5.34. The van der Waals surface area contributed by atoms with Crippen LogP contribution in [0.15, 0.2) is 76.4 Å². The molecule has 0 saturated carbocycles. The number of ether oxygens (including phenoxy) is 1. The van der Waals surface area contributed by atoms with Gasteiger partial charge in [-0.15, -0.1) is 0 Å². The molecule has 1 heterocycles. The van der Waals surface area contributed by atoms with Crippen LogP contribution < -0.4 is 10.2 Å². The number of aromatic nitrogens is 1. The number of rotatable bonds is 5. The monoisotopic (exact) mass is 437 g/mol. The van der Waals surface area contributed by atoms with E-state index in [-0.39, 0.29) is 5.91 Å². The number of benzene rings is 2. The molecule has 0 aliphatic rings. The van der Waals surface area contributed by atoms with Gasteiger partial charge < -0.3 is 4.74 Å². The van der Waals surface area contributed by atoms with Crippen LogP contribution in [0.25, 0.3) is 0 Å². The lowest BCUT2D eigenvalue weighted by molar-refractivity contribution is 0.0734. The number of carbonyl (C=O) groups excluding carboxylic acids is 2. The minimum absolute atomic E-state index is 0.344. The molecule has 3 aromatic rings. The summed E-state index contributed by atoms with van der Waals surface area (Å²) in [6, 6.07) is 17.1. The fourth-order valence-electron chi connectivity index (χ4n) is 2.21. The Morgan fingerprint density at radius 3 is 2.32 bits per heavy atom. The van der Waals surface area contributed by atoms with Crippen molar-refractivity contribution < 1.29 is 14.3 Å². The lowest BCUT2D eigenvalue weighted by Crippen LogP contribution is -2.17. The molecular formula is C21H16BrN3O3. The van der Waals surface area contributed by atoms with Gasteiger partial charge in [0.15, 0.2) is 0 Å². The van der Waals surface area contributed by atoms with Gasteiger partial charge in [0.2, 0.25) is 0 Å².